The molecule has 0 aliphatic heterocycles. The number of hydrogen-bond acceptors (Lipinski definition) is 27. The summed E-state index contributed by atoms with van der Waals surface area (Å²) in [5.74, 6) is 1.25. The summed E-state index contributed by atoms with van der Waals surface area (Å²) in [5, 5.41) is 122. The third kappa shape index (κ3) is 35.5. The van der Waals surface area contributed by atoms with Gasteiger partial charge in [0.1, 0.15) is 34.4 Å². The molecule has 0 saturated heterocycles. The van der Waals surface area contributed by atoms with E-state index in [9.17, 15) is 15.3 Å². The number of aliphatic hydroxyl groups excluding tert-OH is 9. The van der Waals surface area contributed by atoms with Crippen LogP contribution in [0.1, 0.15) is 33.4 Å². The van der Waals surface area contributed by atoms with Gasteiger partial charge in [0, 0.05) is 53.7 Å². The first-order valence-electron chi connectivity index (χ1n) is 25.8. The molecule has 0 radical (unpaired) electrons. The van der Waals surface area contributed by atoms with Crippen LogP contribution in [-0.2, 0) is 14.2 Å². The predicted octanol–water partition coefficient (Wildman–Crippen LogP) is 6.91. The van der Waals surface area contributed by atoms with Crippen molar-refractivity contribution in [3.63, 3.8) is 0 Å². The van der Waals surface area contributed by atoms with E-state index in [0.717, 1.165) is 16.7 Å². The number of rotatable bonds is 21. The highest BCUT2D eigenvalue weighted by atomic mass is 16.6. The Morgan fingerprint density at radius 2 is 0.533 bits per heavy atom. The third-order valence-electron chi connectivity index (χ3n) is 10.5. The fourth-order valence-electron chi connectivity index (χ4n) is 6.08. The molecule has 6 aromatic rings. The molecule has 492 valence electrons. The van der Waals surface area contributed by atoms with Gasteiger partial charge in [-0.1, -0.05) is 143 Å². The van der Waals surface area contributed by atoms with Crippen LogP contribution in [0, 0.1) is 14.7 Å². The quantitative estimate of drug-likeness (QED) is 0.0114. The number of ether oxygens (including phenoxy) is 6. The molecule has 0 unspecified atom stereocenters. The number of benzene rings is 6. The first-order chi connectivity index (χ1) is 43.6. The molecule has 0 bridgehead atoms. The first kappa shape index (κ1) is 83.3. The van der Waals surface area contributed by atoms with Crippen molar-refractivity contribution in [1.29, 1.82) is 0 Å². The standard InChI is InChI=1S/3C10H12O3.3C9H11NO3.3CH4N2O/c3*1-13-10(12)9(7-11)8-5-3-2-4-6-8;3*1-13-8-4-2-3-7(5-8)9(6-11)10-12;3*1-2-3-4/h3*2-6,11-12H,7H2,1H3;3*2-5,11-12H,6H2,1H3;3*1H3,(H,2,4)/b10-9+;10-9-;;2*10-9+;10-9-;;;. The zero-order valence-corrected chi connectivity index (χ0v) is 51.1. The molecule has 0 aromatic heterocycles. The Kier molecular flexibility index (Phi) is 51.8. The zero-order chi connectivity index (χ0) is 68.3. The van der Waals surface area contributed by atoms with E-state index < -0.39 is 0 Å². The lowest BCUT2D eigenvalue weighted by Gasteiger charge is -2.06. The maximum Gasteiger partial charge on any atom is 0.282 e. The Bertz CT molecular complexity index is 2710. The smallest absolute Gasteiger partial charge is 0.282 e. The normalized spacial score (nSPS) is 10.9. The van der Waals surface area contributed by atoms with Crippen LogP contribution in [0.2, 0.25) is 0 Å². The molecule has 90 heavy (non-hydrogen) atoms. The number of aliphatic hydroxyl groups is 9. The highest BCUT2D eigenvalue weighted by Crippen LogP contribution is 2.20. The van der Waals surface area contributed by atoms with Crippen molar-refractivity contribution in [2.75, 3.05) is 103 Å². The summed E-state index contributed by atoms with van der Waals surface area (Å²) in [6, 6.07) is 48.2. The van der Waals surface area contributed by atoms with Crippen LogP contribution >= 0.6 is 0 Å². The van der Waals surface area contributed by atoms with Crippen LogP contribution in [0.4, 0.5) is 0 Å². The van der Waals surface area contributed by atoms with Crippen LogP contribution in [0.5, 0.6) is 17.2 Å². The second-order valence-corrected chi connectivity index (χ2v) is 15.8. The van der Waals surface area contributed by atoms with Crippen molar-refractivity contribution < 1.29 is 90.0 Å². The number of nitrogens with one attached hydrogen (secondary N) is 3. The van der Waals surface area contributed by atoms with Gasteiger partial charge >= 0.3 is 0 Å². The van der Waals surface area contributed by atoms with Crippen LogP contribution < -0.4 is 30.5 Å². The van der Waals surface area contributed by atoms with Gasteiger partial charge in [-0.2, -0.15) is 0 Å². The van der Waals surface area contributed by atoms with E-state index in [1.807, 2.05) is 70.9 Å². The van der Waals surface area contributed by atoms with E-state index >= 15 is 0 Å². The SMILES string of the molecule is CNN=O.CNN=O.CNN=O.CO/C(O)=C(/CO)c1ccccc1.CO/C(O)=C(\CO)c1ccccc1.COC(O)=C(CO)c1ccccc1.COc1cccc(/C(CO)=N/O)c1.COc1cccc(/C(CO)=N/O)c1.COc1cccc(/C(CO)=N\O)c1. The molecule has 0 fully saturated rings. The summed E-state index contributed by atoms with van der Waals surface area (Å²) in [7, 11) is 13.1. The fourth-order valence-corrected chi connectivity index (χ4v) is 6.08. The molecule has 30 nitrogen and oxygen atoms in total. The molecule has 0 atom stereocenters. The van der Waals surface area contributed by atoms with Crippen molar-refractivity contribution in [2.45, 2.75) is 0 Å². The molecule has 0 spiro atoms. The van der Waals surface area contributed by atoms with Crippen molar-refractivity contribution in [1.82, 2.24) is 16.3 Å². The van der Waals surface area contributed by atoms with Crippen molar-refractivity contribution in [2.24, 2.45) is 31.3 Å². The van der Waals surface area contributed by atoms with Crippen LogP contribution in [0.3, 0.4) is 0 Å². The lowest BCUT2D eigenvalue weighted by atomic mass is 10.1. The van der Waals surface area contributed by atoms with Crippen LogP contribution in [0.15, 0.2) is 213 Å². The predicted molar refractivity (Wildman–Crippen MR) is 340 cm³/mol. The summed E-state index contributed by atoms with van der Waals surface area (Å²) in [6.45, 7) is -1.64. The van der Waals surface area contributed by atoms with Gasteiger partial charge in [0.25, 0.3) is 17.8 Å². The van der Waals surface area contributed by atoms with Crippen molar-refractivity contribution in [3.8, 4) is 17.2 Å². The minimum Gasteiger partial charge on any atom is -0.497 e. The van der Waals surface area contributed by atoms with E-state index in [1.54, 1.807) is 131 Å². The van der Waals surface area contributed by atoms with Gasteiger partial charge in [-0.15, -0.1) is 14.7 Å². The Morgan fingerprint density at radius 3 is 0.678 bits per heavy atom. The molecule has 30 heteroatoms. The van der Waals surface area contributed by atoms with Gasteiger partial charge in [0.2, 0.25) is 0 Å². The number of methoxy groups -OCH3 is 6. The second kappa shape index (κ2) is 55.9. The molecule has 0 saturated carbocycles. The molecule has 6 rings (SSSR count). The van der Waals surface area contributed by atoms with E-state index in [4.69, 9.17) is 75.2 Å². The second-order valence-electron chi connectivity index (χ2n) is 15.8. The van der Waals surface area contributed by atoms with Crippen LogP contribution in [0.25, 0.3) is 16.7 Å². The summed E-state index contributed by atoms with van der Waals surface area (Å²) >= 11 is 0. The highest BCUT2D eigenvalue weighted by molar-refractivity contribution is 6.02. The monoisotopic (exact) mass is 1260 g/mol. The molecule has 15 N–H and O–H groups in total. The summed E-state index contributed by atoms with van der Waals surface area (Å²) in [4.78, 5) is 26.4. The zero-order valence-electron chi connectivity index (χ0n) is 51.1. The van der Waals surface area contributed by atoms with Gasteiger partial charge < -0.3 is 90.0 Å². The van der Waals surface area contributed by atoms with Gasteiger partial charge in [0.05, 0.1) is 99.0 Å². The lowest BCUT2D eigenvalue weighted by molar-refractivity contribution is 0.135. The summed E-state index contributed by atoms with van der Waals surface area (Å²) < 4.78 is 28.8. The highest BCUT2D eigenvalue weighted by Gasteiger charge is 2.10. The molecule has 0 amide bonds. The third-order valence-corrected chi connectivity index (χ3v) is 10.5. The summed E-state index contributed by atoms with van der Waals surface area (Å²) in [5.41, 5.74) is 12.0. The minimum absolute atomic E-state index is 0.221. The average Bonchev–Trinajstić information content (AvgIpc) is 3.82. The maximum absolute atomic E-state index is 9.27. The Morgan fingerprint density at radius 1 is 0.333 bits per heavy atom. The van der Waals surface area contributed by atoms with E-state index in [0.29, 0.717) is 50.7 Å². The number of nitrogens with zero attached hydrogens (tertiary/aromatic N) is 6. The number of hydrogen-bond donors (Lipinski definition) is 15. The fraction of sp³-hybridized carbons (Fsp3) is 0.250. The van der Waals surface area contributed by atoms with Gasteiger partial charge in [-0.25, -0.2) is 0 Å². The van der Waals surface area contributed by atoms with Gasteiger partial charge in [-0.05, 0) is 53.1 Å². The molecule has 0 aliphatic carbocycles. The molecule has 0 heterocycles. The van der Waals surface area contributed by atoms with Crippen molar-refractivity contribution in [3.05, 3.63) is 230 Å². The Hall–Kier alpha value is -10.9. The first-order valence-corrected chi connectivity index (χ1v) is 25.8. The van der Waals surface area contributed by atoms with E-state index in [2.05, 4.69) is 45.5 Å². The number of nitroso groups, excluding NO2 is 3. The maximum atomic E-state index is 9.27. The molecular formula is C60H81N9O21. The topological polar surface area (TPSA) is 460 Å². The largest absolute Gasteiger partial charge is 0.497 e. The average molecular weight is 1260 g/mol. The summed E-state index contributed by atoms with van der Waals surface area (Å²) in [6.07, 6.45) is 0. The van der Waals surface area contributed by atoms with Gasteiger partial charge in [0.15, 0.2) is 0 Å². The Labute approximate surface area is 520 Å². The van der Waals surface area contributed by atoms with Gasteiger partial charge in [-0.3, -0.25) is 16.3 Å². The number of oxime groups is 3. The molecular weight excluding hydrogens is 1180 g/mol. The Balaban J connectivity index is -0.000000972. The minimum atomic E-state index is -0.302. The molecule has 6 aromatic carbocycles. The molecule has 0 aliphatic rings. The van der Waals surface area contributed by atoms with Crippen molar-refractivity contribution >= 4 is 33.9 Å². The van der Waals surface area contributed by atoms with Crippen LogP contribution in [-0.4, -0.2) is 182 Å². The lowest BCUT2D eigenvalue weighted by Crippen LogP contribution is -2.06. The van der Waals surface area contributed by atoms with E-state index in [-0.39, 0.29) is 74.6 Å². The van der Waals surface area contributed by atoms with E-state index in [1.165, 1.54) is 42.5 Å².